The monoisotopic (exact) mass is 259 g/mol. The normalized spacial score (nSPS) is 18.2. The molecule has 0 spiro atoms. The smallest absolute Gasteiger partial charge is 0.0586 e. The van der Waals surface area contributed by atoms with Gasteiger partial charge in [-0.25, -0.2) is 0 Å². The molecule has 0 saturated carbocycles. The Kier molecular flexibility index (Phi) is 3.75. The molecule has 0 aliphatic carbocycles. The van der Waals surface area contributed by atoms with Gasteiger partial charge in [0.1, 0.15) is 0 Å². The second-order valence-corrected chi connectivity index (χ2v) is 5.09. The van der Waals surface area contributed by atoms with E-state index >= 15 is 0 Å². The van der Waals surface area contributed by atoms with Crippen LogP contribution in [-0.4, -0.2) is 26.8 Å². The first-order chi connectivity index (χ1) is 7.68. The van der Waals surface area contributed by atoms with E-state index in [1.807, 2.05) is 19.2 Å². The fraction of sp³-hybridized carbons (Fsp3) is 0.500. The second-order valence-electron chi connectivity index (χ2n) is 4.25. The molecule has 2 rings (SSSR count). The maximum atomic E-state index is 6.25. The van der Waals surface area contributed by atoms with E-state index in [0.29, 0.717) is 5.02 Å². The molecule has 0 radical (unpaired) electrons. The van der Waals surface area contributed by atoms with Gasteiger partial charge in [0.25, 0.3) is 0 Å². The van der Waals surface area contributed by atoms with Crippen molar-refractivity contribution in [2.75, 3.05) is 26.8 Å². The van der Waals surface area contributed by atoms with Gasteiger partial charge in [0, 0.05) is 15.5 Å². The zero-order valence-electron chi connectivity index (χ0n) is 9.22. The first-order valence-corrected chi connectivity index (χ1v) is 6.11. The Morgan fingerprint density at radius 2 is 2.12 bits per heavy atom. The van der Waals surface area contributed by atoms with E-state index in [2.05, 4.69) is 5.32 Å². The van der Waals surface area contributed by atoms with Crippen LogP contribution >= 0.6 is 23.2 Å². The van der Waals surface area contributed by atoms with Crippen molar-refractivity contribution in [1.82, 2.24) is 5.32 Å². The Morgan fingerprint density at radius 3 is 2.62 bits per heavy atom. The van der Waals surface area contributed by atoms with Crippen LogP contribution in [0.3, 0.4) is 0 Å². The predicted molar refractivity (Wildman–Crippen MR) is 67.5 cm³/mol. The Morgan fingerprint density at radius 1 is 1.38 bits per heavy atom. The highest BCUT2D eigenvalue weighted by atomic mass is 35.5. The molecule has 0 amide bonds. The van der Waals surface area contributed by atoms with Gasteiger partial charge in [-0.2, -0.15) is 0 Å². The summed E-state index contributed by atoms with van der Waals surface area (Å²) >= 11 is 12.1. The number of hydrogen-bond acceptors (Lipinski definition) is 2. The molecule has 2 nitrogen and oxygen atoms in total. The molecule has 0 bridgehead atoms. The van der Waals surface area contributed by atoms with E-state index in [9.17, 15) is 0 Å². The maximum Gasteiger partial charge on any atom is 0.0586 e. The van der Waals surface area contributed by atoms with Crippen LogP contribution in [0.5, 0.6) is 0 Å². The zero-order valence-corrected chi connectivity index (χ0v) is 10.7. The van der Waals surface area contributed by atoms with E-state index in [0.717, 1.165) is 36.8 Å². The van der Waals surface area contributed by atoms with Crippen LogP contribution in [0, 0.1) is 0 Å². The summed E-state index contributed by atoms with van der Waals surface area (Å²) in [7, 11) is 1.96. The van der Waals surface area contributed by atoms with Crippen LogP contribution in [0.1, 0.15) is 12.0 Å². The first kappa shape index (κ1) is 12.2. The lowest BCUT2D eigenvalue weighted by Crippen LogP contribution is -2.48. The summed E-state index contributed by atoms with van der Waals surface area (Å²) in [6.07, 6.45) is 1.03. The van der Waals surface area contributed by atoms with Gasteiger partial charge in [0.15, 0.2) is 0 Å². The van der Waals surface area contributed by atoms with Crippen molar-refractivity contribution in [2.24, 2.45) is 0 Å². The lowest BCUT2D eigenvalue weighted by molar-refractivity contribution is -0.0637. The van der Waals surface area contributed by atoms with E-state index in [1.54, 1.807) is 6.07 Å². The summed E-state index contributed by atoms with van der Waals surface area (Å²) < 4.78 is 5.36. The van der Waals surface area contributed by atoms with Crippen molar-refractivity contribution in [3.8, 4) is 0 Å². The SMILES string of the molecule is CNCCC1(c2ccc(Cl)cc2Cl)COC1. The van der Waals surface area contributed by atoms with Crippen LogP contribution < -0.4 is 5.32 Å². The molecule has 1 aliphatic heterocycles. The van der Waals surface area contributed by atoms with Crippen molar-refractivity contribution in [2.45, 2.75) is 11.8 Å². The lowest BCUT2D eigenvalue weighted by Gasteiger charge is -2.42. The number of hydrogen-bond donors (Lipinski definition) is 1. The molecule has 1 fully saturated rings. The number of ether oxygens (including phenoxy) is 1. The van der Waals surface area contributed by atoms with E-state index < -0.39 is 0 Å². The number of nitrogens with one attached hydrogen (secondary N) is 1. The molecule has 1 heterocycles. The molecule has 1 aliphatic rings. The molecule has 1 N–H and O–H groups in total. The minimum Gasteiger partial charge on any atom is -0.379 e. The van der Waals surface area contributed by atoms with Gasteiger partial charge < -0.3 is 10.1 Å². The van der Waals surface area contributed by atoms with Gasteiger partial charge in [-0.05, 0) is 37.7 Å². The molecular weight excluding hydrogens is 245 g/mol. The minimum atomic E-state index is 0.0741. The summed E-state index contributed by atoms with van der Waals surface area (Å²) in [5, 5.41) is 4.59. The van der Waals surface area contributed by atoms with Gasteiger partial charge in [-0.1, -0.05) is 29.3 Å². The molecular formula is C12H15Cl2NO. The van der Waals surface area contributed by atoms with E-state index in [-0.39, 0.29) is 5.41 Å². The average Bonchev–Trinajstić information content (AvgIpc) is 2.19. The first-order valence-electron chi connectivity index (χ1n) is 5.36. The van der Waals surface area contributed by atoms with Crippen LogP contribution in [0.25, 0.3) is 0 Å². The van der Waals surface area contributed by atoms with E-state index in [4.69, 9.17) is 27.9 Å². The molecule has 0 atom stereocenters. The van der Waals surface area contributed by atoms with Crippen molar-refractivity contribution < 1.29 is 4.74 Å². The second kappa shape index (κ2) is 4.92. The van der Waals surface area contributed by atoms with E-state index in [1.165, 1.54) is 0 Å². The predicted octanol–water partition coefficient (Wildman–Crippen LogP) is 2.87. The van der Waals surface area contributed by atoms with Crippen molar-refractivity contribution in [1.29, 1.82) is 0 Å². The fourth-order valence-corrected chi connectivity index (χ4v) is 2.68. The summed E-state index contributed by atoms with van der Waals surface area (Å²) in [4.78, 5) is 0. The Balaban J connectivity index is 2.26. The topological polar surface area (TPSA) is 21.3 Å². The van der Waals surface area contributed by atoms with Gasteiger partial charge in [-0.15, -0.1) is 0 Å². The van der Waals surface area contributed by atoms with Crippen molar-refractivity contribution >= 4 is 23.2 Å². The summed E-state index contributed by atoms with van der Waals surface area (Å²) in [6, 6.07) is 5.71. The third kappa shape index (κ3) is 2.21. The van der Waals surface area contributed by atoms with Gasteiger partial charge in [-0.3, -0.25) is 0 Å². The van der Waals surface area contributed by atoms with Gasteiger partial charge >= 0.3 is 0 Å². The highest BCUT2D eigenvalue weighted by molar-refractivity contribution is 6.35. The van der Waals surface area contributed by atoms with Crippen LogP contribution in [0.2, 0.25) is 10.0 Å². The summed E-state index contributed by atoms with van der Waals surface area (Å²) in [5.74, 6) is 0. The highest BCUT2D eigenvalue weighted by Crippen LogP contribution is 2.40. The van der Waals surface area contributed by atoms with Crippen molar-refractivity contribution in [3.63, 3.8) is 0 Å². The Hall–Kier alpha value is -0.280. The molecule has 16 heavy (non-hydrogen) atoms. The minimum absolute atomic E-state index is 0.0741. The summed E-state index contributed by atoms with van der Waals surface area (Å²) in [5.41, 5.74) is 1.23. The maximum absolute atomic E-state index is 6.25. The molecule has 1 aromatic rings. The molecule has 0 aromatic heterocycles. The highest BCUT2D eigenvalue weighted by Gasteiger charge is 2.41. The van der Waals surface area contributed by atoms with Crippen LogP contribution in [-0.2, 0) is 10.2 Å². The Bertz CT molecular complexity index is 377. The zero-order chi connectivity index (χ0) is 11.6. The molecule has 0 unspecified atom stereocenters. The molecule has 4 heteroatoms. The third-order valence-electron chi connectivity index (χ3n) is 3.11. The van der Waals surface area contributed by atoms with Crippen LogP contribution in [0.15, 0.2) is 18.2 Å². The molecule has 1 aromatic carbocycles. The fourth-order valence-electron chi connectivity index (χ4n) is 2.07. The number of rotatable bonds is 4. The number of halogens is 2. The Labute approximate surface area is 106 Å². The molecule has 1 saturated heterocycles. The van der Waals surface area contributed by atoms with Gasteiger partial charge in [0.2, 0.25) is 0 Å². The average molecular weight is 260 g/mol. The number of benzene rings is 1. The summed E-state index contributed by atoms with van der Waals surface area (Å²) in [6.45, 7) is 2.45. The third-order valence-corrected chi connectivity index (χ3v) is 3.66. The largest absolute Gasteiger partial charge is 0.379 e. The lowest BCUT2D eigenvalue weighted by atomic mass is 9.76. The van der Waals surface area contributed by atoms with Crippen LogP contribution in [0.4, 0.5) is 0 Å². The van der Waals surface area contributed by atoms with Crippen molar-refractivity contribution in [3.05, 3.63) is 33.8 Å². The molecule has 88 valence electrons. The standard InChI is InChI=1S/C12H15Cl2NO/c1-15-5-4-12(7-16-8-12)10-3-2-9(13)6-11(10)14/h2-3,6,15H,4-5,7-8H2,1H3. The van der Waals surface area contributed by atoms with Gasteiger partial charge in [0.05, 0.1) is 13.2 Å². The quantitative estimate of drug-likeness (QED) is 0.898.